The molecule has 102 valence electrons. The average Bonchev–Trinajstić information content (AvgIpc) is 2.81. The molecule has 0 aliphatic heterocycles. The van der Waals surface area contributed by atoms with Crippen LogP contribution in [-0.4, -0.2) is 10.1 Å². The number of aromatic hydroxyl groups is 1. The van der Waals surface area contributed by atoms with Crippen molar-refractivity contribution in [3.8, 4) is 5.75 Å². The van der Waals surface area contributed by atoms with Crippen LogP contribution in [0, 0.1) is 0 Å². The molecule has 3 N–H and O–H groups in total. The summed E-state index contributed by atoms with van der Waals surface area (Å²) in [6.45, 7) is 0. The minimum atomic E-state index is -0.428. The van der Waals surface area contributed by atoms with Gasteiger partial charge in [0.1, 0.15) is 11.3 Å². The quantitative estimate of drug-likeness (QED) is 0.571. The van der Waals surface area contributed by atoms with Crippen molar-refractivity contribution in [1.29, 1.82) is 0 Å². The zero-order chi connectivity index (χ0) is 14.1. The van der Waals surface area contributed by atoms with E-state index in [1.54, 1.807) is 30.1 Å². The number of phenolic OH excluding ortho intramolecular Hbond substituents is 1. The van der Waals surface area contributed by atoms with Gasteiger partial charge >= 0.3 is 5.63 Å². The van der Waals surface area contributed by atoms with Gasteiger partial charge in [0.15, 0.2) is 5.13 Å². The van der Waals surface area contributed by atoms with Crippen LogP contribution in [0.15, 0.2) is 43.9 Å². The van der Waals surface area contributed by atoms with Gasteiger partial charge in [0.05, 0.1) is 10.4 Å². The first-order chi connectivity index (χ1) is 9.61. The summed E-state index contributed by atoms with van der Waals surface area (Å²) in [6.07, 6.45) is 1.71. The monoisotopic (exact) mass is 306 g/mol. The third kappa shape index (κ3) is 2.63. The van der Waals surface area contributed by atoms with Gasteiger partial charge in [-0.05, 0) is 17.7 Å². The average molecular weight is 306 g/mol. The number of nitrogen functional groups attached to an aromatic ring is 1. The minimum absolute atomic E-state index is 0.0701. The molecule has 0 spiro atoms. The van der Waals surface area contributed by atoms with Gasteiger partial charge in [0.25, 0.3) is 0 Å². The predicted octanol–water partition coefficient (Wildman–Crippen LogP) is 2.83. The first-order valence-electron chi connectivity index (χ1n) is 5.72. The van der Waals surface area contributed by atoms with E-state index in [-0.39, 0.29) is 5.75 Å². The van der Waals surface area contributed by atoms with Crippen molar-refractivity contribution in [2.75, 3.05) is 5.73 Å². The fourth-order valence-corrected chi connectivity index (χ4v) is 3.58. The molecule has 20 heavy (non-hydrogen) atoms. The molecular formula is C13H10N2O3S2. The van der Waals surface area contributed by atoms with Crippen LogP contribution >= 0.6 is 23.1 Å². The van der Waals surface area contributed by atoms with E-state index in [4.69, 9.17) is 10.2 Å². The Morgan fingerprint density at radius 3 is 3.00 bits per heavy atom. The van der Waals surface area contributed by atoms with E-state index in [9.17, 15) is 9.90 Å². The van der Waals surface area contributed by atoms with Gasteiger partial charge in [-0.2, -0.15) is 0 Å². The number of rotatable bonds is 3. The molecule has 5 nitrogen and oxygen atoms in total. The standard InChI is InChI=1S/C13H10N2O3S2/c14-13-15-5-12(20-13)19-6-7-3-11(17)18-10-4-8(16)1-2-9(7)10/h1-5,16H,6H2,(H2,14,15). The van der Waals surface area contributed by atoms with Crippen LogP contribution in [0.1, 0.15) is 5.56 Å². The van der Waals surface area contributed by atoms with Gasteiger partial charge in [-0.25, -0.2) is 9.78 Å². The molecular weight excluding hydrogens is 296 g/mol. The van der Waals surface area contributed by atoms with Crippen LogP contribution in [0.5, 0.6) is 5.75 Å². The summed E-state index contributed by atoms with van der Waals surface area (Å²) in [4.78, 5) is 15.5. The number of aromatic nitrogens is 1. The maximum atomic E-state index is 11.5. The second kappa shape index (κ2) is 5.18. The molecule has 0 radical (unpaired) electrons. The van der Waals surface area contributed by atoms with Crippen LogP contribution in [0.2, 0.25) is 0 Å². The van der Waals surface area contributed by atoms with Crippen molar-refractivity contribution < 1.29 is 9.52 Å². The molecule has 2 heterocycles. The fourth-order valence-electron chi connectivity index (χ4n) is 1.83. The summed E-state index contributed by atoms with van der Waals surface area (Å²) >= 11 is 2.96. The smallest absolute Gasteiger partial charge is 0.336 e. The van der Waals surface area contributed by atoms with Crippen molar-refractivity contribution in [2.45, 2.75) is 9.96 Å². The summed E-state index contributed by atoms with van der Waals surface area (Å²) in [6, 6.07) is 6.22. The van der Waals surface area contributed by atoms with E-state index >= 15 is 0 Å². The molecule has 0 fully saturated rings. The van der Waals surface area contributed by atoms with Crippen molar-refractivity contribution in [3.63, 3.8) is 0 Å². The van der Waals surface area contributed by atoms with E-state index in [0.29, 0.717) is 16.5 Å². The van der Waals surface area contributed by atoms with Crippen LogP contribution in [0.3, 0.4) is 0 Å². The summed E-state index contributed by atoms with van der Waals surface area (Å²) in [5.41, 5.74) is 6.39. The zero-order valence-corrected chi connectivity index (χ0v) is 11.8. The Labute approximate surface area is 122 Å². The highest BCUT2D eigenvalue weighted by atomic mass is 32.2. The highest BCUT2D eigenvalue weighted by Gasteiger charge is 2.08. The van der Waals surface area contributed by atoms with Gasteiger partial charge in [-0.3, -0.25) is 0 Å². The number of benzene rings is 1. The number of hydrogen-bond donors (Lipinski definition) is 2. The van der Waals surface area contributed by atoms with Crippen molar-refractivity contribution in [1.82, 2.24) is 4.98 Å². The van der Waals surface area contributed by atoms with Gasteiger partial charge < -0.3 is 15.3 Å². The maximum absolute atomic E-state index is 11.5. The molecule has 0 amide bonds. The molecule has 7 heteroatoms. The number of thioether (sulfide) groups is 1. The molecule has 0 unspecified atom stereocenters. The molecule has 0 saturated carbocycles. The Bertz CT molecular complexity index is 826. The largest absolute Gasteiger partial charge is 0.508 e. The van der Waals surface area contributed by atoms with Gasteiger partial charge in [-0.15, -0.1) is 11.8 Å². The second-order valence-electron chi connectivity index (χ2n) is 4.08. The summed E-state index contributed by atoms with van der Waals surface area (Å²) in [7, 11) is 0. The van der Waals surface area contributed by atoms with E-state index < -0.39 is 5.63 Å². The molecule has 0 atom stereocenters. The SMILES string of the molecule is Nc1ncc(SCc2cc(=O)oc3cc(O)ccc23)s1. The Balaban J connectivity index is 1.96. The molecule has 2 aromatic heterocycles. The Morgan fingerprint density at radius 1 is 1.40 bits per heavy atom. The summed E-state index contributed by atoms with van der Waals surface area (Å²) in [5, 5.41) is 10.8. The van der Waals surface area contributed by atoms with Crippen LogP contribution in [0.25, 0.3) is 11.0 Å². The van der Waals surface area contributed by atoms with Gasteiger partial charge in [0, 0.05) is 23.3 Å². The molecule has 1 aromatic carbocycles. The lowest BCUT2D eigenvalue weighted by atomic mass is 10.1. The number of hydrogen-bond acceptors (Lipinski definition) is 7. The lowest BCUT2D eigenvalue weighted by molar-refractivity contribution is 0.473. The lowest BCUT2D eigenvalue weighted by Gasteiger charge is -2.04. The van der Waals surface area contributed by atoms with Crippen LogP contribution in [-0.2, 0) is 5.75 Å². The topological polar surface area (TPSA) is 89.4 Å². The first-order valence-corrected chi connectivity index (χ1v) is 7.52. The van der Waals surface area contributed by atoms with Crippen molar-refractivity contribution in [2.24, 2.45) is 0 Å². The normalized spacial score (nSPS) is 11.0. The molecule has 0 aliphatic rings. The zero-order valence-electron chi connectivity index (χ0n) is 10.2. The van der Waals surface area contributed by atoms with Crippen molar-refractivity contribution in [3.05, 3.63) is 46.4 Å². The second-order valence-corrected chi connectivity index (χ2v) is 6.42. The van der Waals surface area contributed by atoms with E-state index in [2.05, 4.69) is 4.98 Å². The molecule has 3 aromatic rings. The number of phenols is 1. The van der Waals surface area contributed by atoms with E-state index in [0.717, 1.165) is 15.2 Å². The number of anilines is 1. The Morgan fingerprint density at radius 2 is 2.25 bits per heavy atom. The number of thiazole rings is 1. The fraction of sp³-hybridized carbons (Fsp3) is 0.0769. The van der Waals surface area contributed by atoms with Crippen LogP contribution in [0.4, 0.5) is 5.13 Å². The van der Waals surface area contributed by atoms with E-state index in [1.165, 1.54) is 23.5 Å². The summed E-state index contributed by atoms with van der Waals surface area (Å²) < 4.78 is 6.07. The Hall–Kier alpha value is -1.99. The molecule has 0 saturated heterocycles. The molecule has 0 aliphatic carbocycles. The number of nitrogens with two attached hydrogens (primary N) is 1. The number of nitrogens with zero attached hydrogens (tertiary/aromatic N) is 1. The van der Waals surface area contributed by atoms with Crippen molar-refractivity contribution >= 4 is 39.2 Å². The third-order valence-corrected chi connectivity index (χ3v) is 4.76. The first kappa shape index (κ1) is 13.0. The van der Waals surface area contributed by atoms with Gasteiger partial charge in [0.2, 0.25) is 0 Å². The maximum Gasteiger partial charge on any atom is 0.336 e. The highest BCUT2D eigenvalue weighted by molar-refractivity contribution is 8.00. The minimum Gasteiger partial charge on any atom is -0.508 e. The molecule has 0 bridgehead atoms. The predicted molar refractivity (Wildman–Crippen MR) is 80.2 cm³/mol. The summed E-state index contributed by atoms with van der Waals surface area (Å²) in [5.74, 6) is 0.676. The lowest BCUT2D eigenvalue weighted by Crippen LogP contribution is -1.99. The molecule has 3 rings (SSSR count). The third-order valence-electron chi connectivity index (χ3n) is 2.69. The highest BCUT2D eigenvalue weighted by Crippen LogP contribution is 2.31. The van der Waals surface area contributed by atoms with E-state index in [1.807, 2.05) is 0 Å². The Kier molecular flexibility index (Phi) is 3.37. The van der Waals surface area contributed by atoms with Crippen LogP contribution < -0.4 is 11.4 Å². The van der Waals surface area contributed by atoms with Gasteiger partial charge in [-0.1, -0.05) is 11.3 Å². The number of fused-ring (bicyclic) bond motifs is 1.